The van der Waals surface area contributed by atoms with Gasteiger partial charge in [-0.2, -0.15) is 5.10 Å². The van der Waals surface area contributed by atoms with Crippen LogP contribution in [0.1, 0.15) is 22.2 Å². The average molecular weight is 411 g/mol. The summed E-state index contributed by atoms with van der Waals surface area (Å²) in [6.07, 6.45) is 3.17. The third kappa shape index (κ3) is 3.08. The van der Waals surface area contributed by atoms with Crippen LogP contribution in [-0.2, 0) is 4.79 Å². The third-order valence-electron chi connectivity index (χ3n) is 4.47. The molecule has 4 aromatic rings. The Kier molecular flexibility index (Phi) is 4.70. The fourth-order valence-electron chi connectivity index (χ4n) is 2.91. The average Bonchev–Trinajstić information content (AvgIpc) is 3.37. The van der Waals surface area contributed by atoms with Crippen LogP contribution < -0.4 is 4.90 Å². The van der Waals surface area contributed by atoms with Gasteiger partial charge in [0.2, 0.25) is 11.7 Å². The van der Waals surface area contributed by atoms with Crippen LogP contribution >= 0.6 is 22.9 Å². The fourth-order valence-corrected chi connectivity index (χ4v) is 3.83. The van der Waals surface area contributed by atoms with Gasteiger partial charge in [-0.3, -0.25) is 9.59 Å². The monoisotopic (exact) mass is 410 g/mol. The predicted molar refractivity (Wildman–Crippen MR) is 110 cm³/mol. The van der Waals surface area contributed by atoms with Crippen molar-refractivity contribution in [1.82, 2.24) is 14.6 Å². The molecule has 140 valence electrons. The highest BCUT2D eigenvalue weighted by molar-refractivity contribution is 7.12. The second-order valence-electron chi connectivity index (χ2n) is 6.17. The van der Waals surface area contributed by atoms with E-state index in [1.807, 2.05) is 23.6 Å². The molecule has 6 nitrogen and oxygen atoms in total. The summed E-state index contributed by atoms with van der Waals surface area (Å²) in [6.45, 7) is 1.48. The first kappa shape index (κ1) is 18.3. The summed E-state index contributed by atoms with van der Waals surface area (Å²) in [5.41, 5.74) is 3.06. The second kappa shape index (κ2) is 7.18. The lowest BCUT2D eigenvalue weighted by atomic mass is 10.1. The van der Waals surface area contributed by atoms with Crippen molar-refractivity contribution in [2.45, 2.75) is 6.92 Å². The highest BCUT2D eigenvalue weighted by atomic mass is 35.5. The van der Waals surface area contributed by atoms with E-state index in [4.69, 9.17) is 11.6 Å². The third-order valence-corrected chi connectivity index (χ3v) is 5.65. The fraction of sp³-hybridized carbons (Fsp3) is 0.100. The number of amides is 1. The lowest BCUT2D eigenvalue weighted by Gasteiger charge is -2.18. The van der Waals surface area contributed by atoms with Gasteiger partial charge in [-0.1, -0.05) is 23.7 Å². The van der Waals surface area contributed by atoms with E-state index in [0.717, 1.165) is 11.3 Å². The van der Waals surface area contributed by atoms with Gasteiger partial charge in [-0.05, 0) is 29.6 Å². The zero-order chi connectivity index (χ0) is 19.8. The number of hydrogen-bond donors (Lipinski definition) is 0. The molecular weight excluding hydrogens is 396 g/mol. The number of aromatic nitrogens is 3. The SMILES string of the molecule is CC(=O)N(C)c1cc(-c2ccnc3c(C(=O)c4cccs4)cnn23)ccc1Cl. The number of fused-ring (bicyclic) bond motifs is 1. The number of ketones is 1. The maximum atomic E-state index is 12.7. The Morgan fingerprint density at radius 2 is 2.04 bits per heavy atom. The molecule has 3 aromatic heterocycles. The predicted octanol–water partition coefficient (Wildman–Crippen LogP) is 4.32. The van der Waals surface area contributed by atoms with Crippen LogP contribution in [0.5, 0.6) is 0 Å². The van der Waals surface area contributed by atoms with Gasteiger partial charge >= 0.3 is 0 Å². The molecule has 1 amide bonds. The molecule has 4 rings (SSSR count). The second-order valence-corrected chi connectivity index (χ2v) is 7.53. The van der Waals surface area contributed by atoms with Crippen molar-refractivity contribution in [3.63, 3.8) is 0 Å². The van der Waals surface area contributed by atoms with Gasteiger partial charge in [0.05, 0.1) is 33.0 Å². The molecule has 0 atom stereocenters. The highest BCUT2D eigenvalue weighted by Crippen LogP contribution is 2.31. The van der Waals surface area contributed by atoms with Crippen molar-refractivity contribution in [3.05, 3.63) is 69.6 Å². The number of nitrogens with zero attached hydrogens (tertiary/aromatic N) is 4. The van der Waals surface area contributed by atoms with Crippen molar-refractivity contribution >= 4 is 46.0 Å². The van der Waals surface area contributed by atoms with Gasteiger partial charge < -0.3 is 4.90 Å². The molecule has 0 aliphatic rings. The molecule has 0 bridgehead atoms. The van der Waals surface area contributed by atoms with Crippen LogP contribution in [0.15, 0.2) is 54.2 Å². The molecule has 28 heavy (non-hydrogen) atoms. The molecular formula is C20H15ClN4O2S. The molecule has 0 N–H and O–H groups in total. The lowest BCUT2D eigenvalue weighted by molar-refractivity contribution is -0.116. The van der Waals surface area contributed by atoms with E-state index in [-0.39, 0.29) is 11.7 Å². The molecule has 0 aliphatic heterocycles. The first-order valence-corrected chi connectivity index (χ1v) is 9.68. The minimum absolute atomic E-state index is 0.109. The molecule has 0 unspecified atom stereocenters. The van der Waals surface area contributed by atoms with Gasteiger partial charge in [-0.15, -0.1) is 11.3 Å². The number of carbonyl (C=O) groups excluding carboxylic acids is 2. The van der Waals surface area contributed by atoms with Gasteiger partial charge in [-0.25, -0.2) is 9.50 Å². The molecule has 0 fully saturated rings. The van der Waals surface area contributed by atoms with Crippen LogP contribution in [0.4, 0.5) is 5.69 Å². The quantitative estimate of drug-likeness (QED) is 0.470. The number of carbonyl (C=O) groups is 2. The van der Waals surface area contributed by atoms with Gasteiger partial charge in [0.1, 0.15) is 0 Å². The van der Waals surface area contributed by atoms with Crippen LogP contribution in [0.3, 0.4) is 0 Å². The van der Waals surface area contributed by atoms with E-state index in [9.17, 15) is 9.59 Å². The summed E-state index contributed by atoms with van der Waals surface area (Å²) in [7, 11) is 1.67. The first-order chi connectivity index (χ1) is 13.5. The smallest absolute Gasteiger partial charge is 0.223 e. The Bertz CT molecular complexity index is 1200. The van der Waals surface area contributed by atoms with Crippen LogP contribution in [0.2, 0.25) is 5.02 Å². The van der Waals surface area contributed by atoms with Gasteiger partial charge in [0.25, 0.3) is 0 Å². The number of thiophene rings is 1. The highest BCUT2D eigenvalue weighted by Gasteiger charge is 2.19. The van der Waals surface area contributed by atoms with E-state index in [2.05, 4.69) is 10.1 Å². The van der Waals surface area contributed by atoms with Crippen LogP contribution in [-0.4, -0.2) is 33.3 Å². The van der Waals surface area contributed by atoms with E-state index in [1.54, 1.807) is 36.0 Å². The zero-order valence-electron chi connectivity index (χ0n) is 15.1. The summed E-state index contributed by atoms with van der Waals surface area (Å²) < 4.78 is 1.63. The number of rotatable bonds is 4. The number of anilines is 1. The van der Waals surface area contributed by atoms with E-state index >= 15 is 0 Å². The van der Waals surface area contributed by atoms with Crippen molar-refractivity contribution in [1.29, 1.82) is 0 Å². The summed E-state index contributed by atoms with van der Waals surface area (Å²) >= 11 is 7.65. The molecule has 0 saturated carbocycles. The van der Waals surface area contributed by atoms with Gasteiger partial charge in [0, 0.05) is 25.7 Å². The maximum Gasteiger partial charge on any atom is 0.223 e. The molecule has 0 aliphatic carbocycles. The summed E-state index contributed by atoms with van der Waals surface area (Å²) in [5, 5.41) is 6.72. The van der Waals surface area contributed by atoms with E-state index in [0.29, 0.717) is 26.8 Å². The van der Waals surface area contributed by atoms with Crippen LogP contribution in [0.25, 0.3) is 16.9 Å². The van der Waals surface area contributed by atoms with Crippen LogP contribution in [0, 0.1) is 0 Å². The van der Waals surface area contributed by atoms with Crippen molar-refractivity contribution in [2.24, 2.45) is 0 Å². The zero-order valence-corrected chi connectivity index (χ0v) is 16.7. The van der Waals surface area contributed by atoms with Crippen molar-refractivity contribution in [2.75, 3.05) is 11.9 Å². The molecule has 8 heteroatoms. The first-order valence-electron chi connectivity index (χ1n) is 8.42. The van der Waals surface area contributed by atoms with Crippen molar-refractivity contribution < 1.29 is 9.59 Å². The Morgan fingerprint density at radius 3 is 2.75 bits per heavy atom. The molecule has 1 aromatic carbocycles. The molecule has 0 radical (unpaired) electrons. The Hall–Kier alpha value is -3.03. The topological polar surface area (TPSA) is 67.6 Å². The van der Waals surface area contributed by atoms with E-state index < -0.39 is 0 Å². The largest absolute Gasteiger partial charge is 0.314 e. The molecule has 0 saturated heterocycles. The summed E-state index contributed by atoms with van der Waals surface area (Å²) in [5.74, 6) is -0.232. The normalized spacial score (nSPS) is 11.0. The minimum atomic E-state index is -0.123. The number of benzene rings is 1. The molecule has 0 spiro atoms. The Morgan fingerprint density at radius 1 is 1.21 bits per heavy atom. The summed E-state index contributed by atoms with van der Waals surface area (Å²) in [4.78, 5) is 31.0. The summed E-state index contributed by atoms with van der Waals surface area (Å²) in [6, 6.07) is 10.8. The molecule has 3 heterocycles. The minimum Gasteiger partial charge on any atom is -0.314 e. The van der Waals surface area contributed by atoms with Crippen molar-refractivity contribution in [3.8, 4) is 11.3 Å². The van der Waals surface area contributed by atoms with E-state index in [1.165, 1.54) is 29.4 Å². The standard InChI is InChI=1S/C20H15ClN4O2S/c1-12(26)24(2)17-10-13(5-6-15(17)21)16-7-8-22-20-14(11-23-25(16)20)19(27)18-4-3-9-28-18/h3-11H,1-2H3. The Balaban J connectivity index is 1.84. The Labute approximate surface area is 170 Å². The number of halogens is 1. The number of hydrogen-bond acceptors (Lipinski definition) is 5. The lowest BCUT2D eigenvalue weighted by Crippen LogP contribution is -2.23. The maximum absolute atomic E-state index is 12.7. The van der Waals surface area contributed by atoms with Gasteiger partial charge in [0.15, 0.2) is 5.65 Å².